The number of fused-ring (bicyclic) bond motifs is 1. The summed E-state index contributed by atoms with van der Waals surface area (Å²) < 4.78 is 10.6. The van der Waals surface area contributed by atoms with Gasteiger partial charge in [0.15, 0.2) is 0 Å². The first-order chi connectivity index (χ1) is 15.5. The minimum absolute atomic E-state index is 0.0316. The van der Waals surface area contributed by atoms with Gasteiger partial charge >= 0.3 is 6.03 Å². The Balaban J connectivity index is 1.70. The van der Waals surface area contributed by atoms with E-state index in [-0.39, 0.29) is 18.0 Å². The Labute approximate surface area is 194 Å². The number of amides is 2. The molecule has 2 amide bonds. The van der Waals surface area contributed by atoms with Gasteiger partial charge in [-0.2, -0.15) is 0 Å². The highest BCUT2D eigenvalue weighted by atomic mass is 16.5. The number of nitrogens with one attached hydrogen (secondary N) is 1. The zero-order valence-corrected chi connectivity index (χ0v) is 20.5. The molecule has 180 valence electrons. The van der Waals surface area contributed by atoms with E-state index in [0.29, 0.717) is 18.6 Å². The van der Waals surface area contributed by atoms with Gasteiger partial charge in [0.05, 0.1) is 13.2 Å². The molecule has 2 fully saturated rings. The zero-order valence-electron chi connectivity index (χ0n) is 20.5. The molecule has 0 radical (unpaired) electrons. The molecular weight excluding hydrogens is 402 g/mol. The number of methoxy groups -OCH3 is 2. The number of carbonyl (C=O) groups is 1. The fraction of sp³-hybridized carbons (Fsp3) is 0.731. The van der Waals surface area contributed by atoms with Crippen molar-refractivity contribution in [3.8, 4) is 5.75 Å². The van der Waals surface area contributed by atoms with E-state index in [2.05, 4.69) is 41.1 Å². The first-order valence-corrected chi connectivity index (χ1v) is 12.5. The highest BCUT2D eigenvalue weighted by Gasteiger charge is 2.35. The van der Waals surface area contributed by atoms with Gasteiger partial charge in [-0.15, -0.1) is 0 Å². The van der Waals surface area contributed by atoms with Crippen molar-refractivity contribution in [1.29, 1.82) is 0 Å². The smallest absolute Gasteiger partial charge is 0.317 e. The van der Waals surface area contributed by atoms with Crippen LogP contribution in [0.2, 0.25) is 0 Å². The summed E-state index contributed by atoms with van der Waals surface area (Å²) in [5, 5.41) is 3.35. The summed E-state index contributed by atoms with van der Waals surface area (Å²) in [7, 11) is 3.40. The molecule has 0 bridgehead atoms. The summed E-state index contributed by atoms with van der Waals surface area (Å²) in [5.74, 6) is 1.69. The molecule has 6 heteroatoms. The van der Waals surface area contributed by atoms with Crippen molar-refractivity contribution in [2.75, 3.05) is 47.0 Å². The van der Waals surface area contributed by atoms with Crippen molar-refractivity contribution in [3.63, 3.8) is 0 Å². The highest BCUT2D eigenvalue weighted by Crippen LogP contribution is 2.32. The van der Waals surface area contributed by atoms with Crippen LogP contribution in [-0.4, -0.2) is 68.9 Å². The third kappa shape index (κ3) is 6.61. The minimum Gasteiger partial charge on any atom is -0.497 e. The molecular formula is C26H43N3O3. The maximum Gasteiger partial charge on any atom is 0.317 e. The van der Waals surface area contributed by atoms with Crippen LogP contribution < -0.4 is 10.1 Å². The van der Waals surface area contributed by atoms with E-state index in [9.17, 15) is 4.79 Å². The van der Waals surface area contributed by atoms with Gasteiger partial charge in [0.25, 0.3) is 0 Å². The van der Waals surface area contributed by atoms with Crippen LogP contribution in [0.1, 0.15) is 64.0 Å². The van der Waals surface area contributed by atoms with E-state index in [1.807, 2.05) is 12.1 Å². The molecule has 1 unspecified atom stereocenters. The summed E-state index contributed by atoms with van der Waals surface area (Å²) in [6.07, 6.45) is 7.24. The third-order valence-corrected chi connectivity index (χ3v) is 7.17. The fourth-order valence-corrected chi connectivity index (χ4v) is 5.42. The van der Waals surface area contributed by atoms with Crippen LogP contribution in [0.3, 0.4) is 0 Å². The van der Waals surface area contributed by atoms with Crippen LogP contribution >= 0.6 is 0 Å². The highest BCUT2D eigenvalue weighted by molar-refractivity contribution is 5.74. The van der Waals surface area contributed by atoms with Crippen LogP contribution in [0.5, 0.6) is 5.75 Å². The Morgan fingerprint density at radius 3 is 2.56 bits per heavy atom. The Bertz CT molecular complexity index is 692. The average Bonchev–Trinajstić information content (AvgIpc) is 2.82. The lowest BCUT2D eigenvalue weighted by atomic mass is 9.83. The van der Waals surface area contributed by atoms with E-state index in [0.717, 1.165) is 30.8 Å². The molecule has 0 saturated carbocycles. The predicted octanol–water partition coefficient (Wildman–Crippen LogP) is 4.70. The van der Waals surface area contributed by atoms with Crippen LogP contribution in [-0.2, 0) is 4.74 Å². The topological polar surface area (TPSA) is 54.0 Å². The summed E-state index contributed by atoms with van der Waals surface area (Å²) in [4.78, 5) is 18.3. The monoisotopic (exact) mass is 445 g/mol. The summed E-state index contributed by atoms with van der Waals surface area (Å²) in [6, 6.07) is 8.69. The predicted molar refractivity (Wildman–Crippen MR) is 129 cm³/mol. The van der Waals surface area contributed by atoms with E-state index in [1.54, 1.807) is 14.2 Å². The second kappa shape index (κ2) is 12.4. The minimum atomic E-state index is -0.0316. The second-order valence-electron chi connectivity index (χ2n) is 9.74. The lowest BCUT2D eigenvalue weighted by molar-refractivity contribution is 0.0442. The summed E-state index contributed by atoms with van der Waals surface area (Å²) in [6.45, 7) is 9.02. The second-order valence-corrected chi connectivity index (χ2v) is 9.74. The van der Waals surface area contributed by atoms with Gasteiger partial charge in [0, 0.05) is 32.8 Å². The molecule has 1 aromatic carbocycles. The molecule has 3 rings (SSSR count). The molecule has 2 saturated heterocycles. The molecule has 1 aromatic rings. The quantitative estimate of drug-likeness (QED) is 0.530. The Morgan fingerprint density at radius 2 is 1.88 bits per heavy atom. The molecule has 0 aromatic heterocycles. The van der Waals surface area contributed by atoms with Gasteiger partial charge in [0.1, 0.15) is 5.75 Å². The fourth-order valence-electron chi connectivity index (χ4n) is 5.42. The zero-order chi connectivity index (χ0) is 22.9. The summed E-state index contributed by atoms with van der Waals surface area (Å²) in [5.41, 5.74) is 1.11. The number of hydrogen-bond acceptors (Lipinski definition) is 4. The largest absolute Gasteiger partial charge is 0.497 e. The van der Waals surface area contributed by atoms with E-state index in [1.165, 1.54) is 45.2 Å². The van der Waals surface area contributed by atoms with Crippen molar-refractivity contribution in [1.82, 2.24) is 15.1 Å². The van der Waals surface area contributed by atoms with Crippen molar-refractivity contribution in [3.05, 3.63) is 29.8 Å². The van der Waals surface area contributed by atoms with Gasteiger partial charge in [-0.25, -0.2) is 4.79 Å². The molecule has 3 atom stereocenters. The number of urea groups is 1. The molecule has 0 spiro atoms. The molecule has 2 aliphatic rings. The van der Waals surface area contributed by atoms with E-state index < -0.39 is 0 Å². The van der Waals surface area contributed by atoms with Crippen molar-refractivity contribution < 1.29 is 14.3 Å². The average molecular weight is 446 g/mol. The van der Waals surface area contributed by atoms with Crippen molar-refractivity contribution in [2.45, 2.75) is 64.5 Å². The van der Waals surface area contributed by atoms with E-state index >= 15 is 0 Å². The third-order valence-electron chi connectivity index (χ3n) is 7.17. The van der Waals surface area contributed by atoms with Crippen LogP contribution in [0, 0.1) is 11.8 Å². The summed E-state index contributed by atoms with van der Waals surface area (Å²) >= 11 is 0. The SMILES string of the molecule is COCCCN(C[C@@H]1CCCN2CCCC[C@H]12)C(=O)NC(c1ccc(OC)cc1)C(C)C. The van der Waals surface area contributed by atoms with Gasteiger partial charge in [0.2, 0.25) is 0 Å². The lowest BCUT2D eigenvalue weighted by Gasteiger charge is -2.45. The van der Waals surface area contributed by atoms with Gasteiger partial charge in [-0.3, -0.25) is 0 Å². The number of ether oxygens (including phenoxy) is 2. The molecule has 2 heterocycles. The number of benzene rings is 1. The Hall–Kier alpha value is -1.79. The van der Waals surface area contributed by atoms with E-state index in [4.69, 9.17) is 9.47 Å². The maximum atomic E-state index is 13.5. The maximum absolute atomic E-state index is 13.5. The Morgan fingerprint density at radius 1 is 1.12 bits per heavy atom. The van der Waals surface area contributed by atoms with Gasteiger partial charge in [-0.1, -0.05) is 32.4 Å². The van der Waals surface area contributed by atoms with Crippen molar-refractivity contribution >= 4 is 6.03 Å². The molecule has 6 nitrogen and oxygen atoms in total. The number of piperidine rings is 2. The molecule has 32 heavy (non-hydrogen) atoms. The first kappa shape index (κ1) is 24.8. The number of carbonyl (C=O) groups excluding carboxylic acids is 1. The molecule has 0 aliphatic carbocycles. The van der Waals surface area contributed by atoms with Gasteiger partial charge < -0.3 is 24.6 Å². The van der Waals surface area contributed by atoms with Crippen LogP contribution in [0.25, 0.3) is 0 Å². The first-order valence-electron chi connectivity index (χ1n) is 12.5. The van der Waals surface area contributed by atoms with Gasteiger partial charge in [-0.05, 0) is 74.7 Å². The lowest BCUT2D eigenvalue weighted by Crippen LogP contribution is -2.53. The Kier molecular flexibility index (Phi) is 9.67. The number of hydrogen-bond donors (Lipinski definition) is 1. The van der Waals surface area contributed by atoms with Crippen LogP contribution in [0.15, 0.2) is 24.3 Å². The van der Waals surface area contributed by atoms with Crippen LogP contribution in [0.4, 0.5) is 4.79 Å². The molecule has 2 aliphatic heterocycles. The van der Waals surface area contributed by atoms with Crippen molar-refractivity contribution in [2.24, 2.45) is 11.8 Å². The number of nitrogens with zero attached hydrogens (tertiary/aromatic N) is 2. The normalized spacial score (nSPS) is 22.3. The number of rotatable bonds is 10. The standard InChI is InChI=1S/C26H43N3O3/c1-20(2)25(21-11-13-23(32-4)14-12-21)27-26(30)29(17-8-18-31-3)19-22-9-7-16-28-15-6-5-10-24(22)28/h11-14,20,22,24-25H,5-10,15-19H2,1-4H3,(H,27,30)/t22-,24+,25?/m0/s1. The molecule has 1 N–H and O–H groups in total.